The maximum absolute atomic E-state index is 12.1. The zero-order valence-electron chi connectivity index (χ0n) is 9.69. The van der Waals surface area contributed by atoms with Crippen LogP contribution in [0.25, 0.3) is 0 Å². The molecule has 19 heavy (non-hydrogen) atoms. The largest absolute Gasteiger partial charge is 0.508 e. The van der Waals surface area contributed by atoms with E-state index in [1.54, 1.807) is 0 Å². The Hall–Kier alpha value is -2.31. The molecule has 0 heterocycles. The summed E-state index contributed by atoms with van der Waals surface area (Å²) in [6, 6.07) is 5.19. The minimum Gasteiger partial charge on any atom is -0.508 e. The van der Waals surface area contributed by atoms with E-state index in [0.717, 1.165) is 12.2 Å². The number of phenolic OH excluding ortho intramolecular Hbond substituents is 1. The van der Waals surface area contributed by atoms with Gasteiger partial charge in [-0.25, -0.2) is 0 Å². The molecule has 1 atom stereocenters. The summed E-state index contributed by atoms with van der Waals surface area (Å²) in [6.07, 6.45) is 2.10. The Morgan fingerprint density at radius 3 is 2.21 bits per heavy atom. The molecule has 0 amide bonds. The summed E-state index contributed by atoms with van der Waals surface area (Å²) in [6.45, 7) is 0. The van der Waals surface area contributed by atoms with E-state index in [-0.39, 0.29) is 11.3 Å². The third kappa shape index (κ3) is 2.18. The van der Waals surface area contributed by atoms with Crippen molar-refractivity contribution in [1.29, 1.82) is 0 Å². The number of rotatable bonds is 2. The standard InChI is InChI=1S/C13H12O6/c14-8-3-1-7(2-4-8)11(16)9-5-6-10(15)12(17)13(9,18)19/h1-6,9,14-15,17-19H. The Labute approximate surface area is 108 Å². The average Bonchev–Trinajstić information content (AvgIpc) is 2.36. The van der Waals surface area contributed by atoms with Gasteiger partial charge in [0.1, 0.15) is 11.7 Å². The molecule has 0 aliphatic heterocycles. The fourth-order valence-electron chi connectivity index (χ4n) is 1.81. The molecule has 5 N–H and O–H groups in total. The summed E-state index contributed by atoms with van der Waals surface area (Å²) in [5.41, 5.74) is 0.133. The first-order chi connectivity index (χ1) is 8.84. The number of aromatic hydroxyl groups is 1. The highest BCUT2D eigenvalue weighted by Crippen LogP contribution is 2.32. The first-order valence-corrected chi connectivity index (χ1v) is 5.43. The van der Waals surface area contributed by atoms with Crippen LogP contribution in [-0.2, 0) is 0 Å². The van der Waals surface area contributed by atoms with E-state index >= 15 is 0 Å². The number of hydrogen-bond acceptors (Lipinski definition) is 6. The van der Waals surface area contributed by atoms with E-state index in [0.29, 0.717) is 0 Å². The third-order valence-electron chi connectivity index (χ3n) is 2.91. The van der Waals surface area contributed by atoms with Crippen LogP contribution in [0.2, 0.25) is 0 Å². The predicted octanol–water partition coefficient (Wildman–Crippen LogP) is 0.769. The van der Waals surface area contributed by atoms with E-state index in [2.05, 4.69) is 0 Å². The number of phenols is 1. The molecule has 0 spiro atoms. The molecule has 0 bridgehead atoms. The average molecular weight is 264 g/mol. The van der Waals surface area contributed by atoms with Crippen molar-refractivity contribution in [2.45, 2.75) is 5.79 Å². The van der Waals surface area contributed by atoms with Crippen LogP contribution in [0.5, 0.6) is 5.75 Å². The summed E-state index contributed by atoms with van der Waals surface area (Å²) >= 11 is 0. The summed E-state index contributed by atoms with van der Waals surface area (Å²) in [5, 5.41) is 47.2. The minimum atomic E-state index is -2.87. The van der Waals surface area contributed by atoms with Crippen molar-refractivity contribution in [3.63, 3.8) is 0 Å². The molecule has 0 fully saturated rings. The number of allylic oxidation sites excluding steroid dienone is 1. The number of benzene rings is 1. The van der Waals surface area contributed by atoms with Crippen molar-refractivity contribution in [2.75, 3.05) is 0 Å². The quantitative estimate of drug-likeness (QED) is 0.397. The SMILES string of the molecule is O=C(c1ccc(O)cc1)C1C=CC(O)=C(O)C1(O)O. The highest BCUT2D eigenvalue weighted by atomic mass is 16.5. The van der Waals surface area contributed by atoms with Crippen molar-refractivity contribution >= 4 is 5.78 Å². The maximum atomic E-state index is 12.1. The summed E-state index contributed by atoms with van der Waals surface area (Å²) < 4.78 is 0. The number of Topliss-reactive ketones (excluding diaryl/α,β-unsaturated/α-hetero) is 1. The molecule has 1 aliphatic rings. The summed E-state index contributed by atoms with van der Waals surface area (Å²) in [4.78, 5) is 12.1. The lowest BCUT2D eigenvalue weighted by molar-refractivity contribution is -0.172. The van der Waals surface area contributed by atoms with Gasteiger partial charge < -0.3 is 25.5 Å². The Bertz CT molecular complexity index is 567. The highest BCUT2D eigenvalue weighted by molar-refractivity contribution is 6.00. The van der Waals surface area contributed by atoms with E-state index in [1.165, 1.54) is 24.3 Å². The smallest absolute Gasteiger partial charge is 0.240 e. The second kappa shape index (κ2) is 4.42. The van der Waals surface area contributed by atoms with Crippen LogP contribution in [0.3, 0.4) is 0 Å². The van der Waals surface area contributed by atoms with Crippen molar-refractivity contribution in [2.24, 2.45) is 5.92 Å². The number of aliphatic hydroxyl groups excluding tert-OH is 2. The van der Waals surface area contributed by atoms with Gasteiger partial charge in [0, 0.05) is 5.56 Å². The lowest BCUT2D eigenvalue weighted by Crippen LogP contribution is -2.45. The third-order valence-corrected chi connectivity index (χ3v) is 2.91. The van der Waals surface area contributed by atoms with Gasteiger partial charge in [0.2, 0.25) is 5.79 Å². The molecule has 1 aliphatic carbocycles. The minimum absolute atomic E-state index is 0.0321. The number of carbonyl (C=O) groups is 1. The lowest BCUT2D eigenvalue weighted by atomic mass is 9.85. The van der Waals surface area contributed by atoms with Gasteiger partial charge >= 0.3 is 0 Å². The van der Waals surface area contributed by atoms with Gasteiger partial charge in [-0.15, -0.1) is 0 Å². The fraction of sp³-hybridized carbons (Fsp3) is 0.154. The van der Waals surface area contributed by atoms with Crippen LogP contribution < -0.4 is 0 Å². The molecule has 0 aromatic heterocycles. The van der Waals surface area contributed by atoms with Crippen LogP contribution in [0.15, 0.2) is 47.9 Å². The van der Waals surface area contributed by atoms with Crippen LogP contribution in [-0.4, -0.2) is 37.1 Å². The first-order valence-electron chi connectivity index (χ1n) is 5.43. The highest BCUT2D eigenvalue weighted by Gasteiger charge is 2.45. The molecule has 1 unspecified atom stereocenters. The predicted molar refractivity (Wildman–Crippen MR) is 64.5 cm³/mol. The molecule has 6 heteroatoms. The number of carbonyl (C=O) groups excluding carboxylic acids is 1. The topological polar surface area (TPSA) is 118 Å². The second-order valence-corrected chi connectivity index (χ2v) is 4.21. The van der Waals surface area contributed by atoms with Crippen molar-refractivity contribution in [3.05, 3.63) is 53.5 Å². The lowest BCUT2D eigenvalue weighted by Gasteiger charge is -2.30. The Balaban J connectivity index is 2.36. The van der Waals surface area contributed by atoms with Crippen LogP contribution in [0.1, 0.15) is 10.4 Å². The zero-order valence-corrected chi connectivity index (χ0v) is 9.69. The molecular weight excluding hydrogens is 252 g/mol. The second-order valence-electron chi connectivity index (χ2n) is 4.21. The molecular formula is C13H12O6. The van der Waals surface area contributed by atoms with Crippen molar-refractivity contribution in [3.8, 4) is 5.75 Å². The number of hydrogen-bond donors (Lipinski definition) is 5. The zero-order chi connectivity index (χ0) is 14.2. The van der Waals surface area contributed by atoms with Crippen LogP contribution in [0, 0.1) is 5.92 Å². The molecule has 0 radical (unpaired) electrons. The number of aliphatic hydroxyl groups is 4. The normalized spacial score (nSPS) is 21.5. The van der Waals surface area contributed by atoms with Crippen LogP contribution >= 0.6 is 0 Å². The van der Waals surface area contributed by atoms with E-state index in [9.17, 15) is 25.2 Å². The molecule has 1 aromatic carbocycles. The van der Waals surface area contributed by atoms with Gasteiger partial charge in [-0.05, 0) is 30.3 Å². The molecule has 0 saturated heterocycles. The van der Waals surface area contributed by atoms with Gasteiger partial charge in [0.25, 0.3) is 0 Å². The molecule has 6 nitrogen and oxygen atoms in total. The van der Waals surface area contributed by atoms with E-state index in [4.69, 9.17) is 5.11 Å². The fourth-order valence-corrected chi connectivity index (χ4v) is 1.81. The molecule has 1 aromatic rings. The van der Waals surface area contributed by atoms with E-state index in [1.807, 2.05) is 0 Å². The number of ketones is 1. The molecule has 2 rings (SSSR count). The van der Waals surface area contributed by atoms with Crippen molar-refractivity contribution in [1.82, 2.24) is 0 Å². The Kier molecular flexibility index (Phi) is 3.05. The Morgan fingerprint density at radius 2 is 1.63 bits per heavy atom. The summed E-state index contributed by atoms with van der Waals surface area (Å²) in [7, 11) is 0. The van der Waals surface area contributed by atoms with Crippen molar-refractivity contribution < 1.29 is 30.3 Å². The van der Waals surface area contributed by atoms with Gasteiger partial charge in [-0.3, -0.25) is 4.79 Å². The van der Waals surface area contributed by atoms with Gasteiger partial charge in [-0.2, -0.15) is 0 Å². The van der Waals surface area contributed by atoms with Gasteiger partial charge in [0.15, 0.2) is 17.3 Å². The van der Waals surface area contributed by atoms with E-state index < -0.39 is 29.0 Å². The maximum Gasteiger partial charge on any atom is 0.240 e. The molecule has 100 valence electrons. The monoisotopic (exact) mass is 264 g/mol. The molecule has 0 saturated carbocycles. The Morgan fingerprint density at radius 1 is 1.05 bits per heavy atom. The van der Waals surface area contributed by atoms with Gasteiger partial charge in [0.05, 0.1) is 0 Å². The van der Waals surface area contributed by atoms with Gasteiger partial charge in [-0.1, -0.05) is 6.08 Å². The van der Waals surface area contributed by atoms with Crippen LogP contribution in [0.4, 0.5) is 0 Å². The first kappa shape index (κ1) is 13.1. The summed E-state index contributed by atoms with van der Waals surface area (Å²) in [5.74, 6) is -6.80.